The van der Waals surface area contributed by atoms with Gasteiger partial charge in [-0.25, -0.2) is 0 Å². The fourth-order valence-electron chi connectivity index (χ4n) is 6.54. The first kappa shape index (κ1) is 41.1. The lowest BCUT2D eigenvalue weighted by atomic mass is 10.0. The fraction of sp³-hybridized carbons (Fsp3) is 0.422. The minimum absolute atomic E-state index is 0.0557. The molecular weight excluding hydrogens is 661 g/mol. The van der Waals surface area contributed by atoms with Crippen molar-refractivity contribution in [3.8, 4) is 11.5 Å². The fourth-order valence-corrected chi connectivity index (χ4v) is 6.54. The Bertz CT molecular complexity index is 1540. The summed E-state index contributed by atoms with van der Waals surface area (Å²) in [6.07, 6.45) is 7.71. The number of benzene rings is 4. The minimum Gasteiger partial charge on any atom is -0.496 e. The van der Waals surface area contributed by atoms with Crippen molar-refractivity contribution in [2.45, 2.75) is 84.7 Å². The third-order valence-corrected chi connectivity index (χ3v) is 9.71. The average Bonchev–Trinajstić information content (AvgIpc) is 3.18. The number of hydrogen-bond donors (Lipinski definition) is 2. The molecule has 0 radical (unpaired) electrons. The third-order valence-electron chi connectivity index (χ3n) is 9.71. The zero-order valence-electron chi connectivity index (χ0n) is 32.4. The van der Waals surface area contributed by atoms with Crippen molar-refractivity contribution in [1.29, 1.82) is 0 Å². The van der Waals surface area contributed by atoms with Crippen LogP contribution in [0.25, 0.3) is 0 Å². The van der Waals surface area contributed by atoms with Crippen LogP contribution in [0.2, 0.25) is 0 Å². The van der Waals surface area contributed by atoms with Gasteiger partial charge in [0.15, 0.2) is 0 Å². The Labute approximate surface area is 317 Å². The molecule has 0 atom stereocenters. The van der Waals surface area contributed by atoms with E-state index in [1.165, 1.54) is 11.1 Å². The Hall–Kier alpha value is -4.66. The van der Waals surface area contributed by atoms with E-state index in [0.717, 1.165) is 118 Å². The van der Waals surface area contributed by atoms with Crippen LogP contribution in [0.1, 0.15) is 87.5 Å². The number of nitrogens with zero attached hydrogens (tertiary/aromatic N) is 2. The lowest BCUT2D eigenvalue weighted by Crippen LogP contribution is -2.24. The average molecular weight is 721 g/mol. The van der Waals surface area contributed by atoms with E-state index in [2.05, 4.69) is 82.8 Å². The summed E-state index contributed by atoms with van der Waals surface area (Å²) in [5.41, 5.74) is 6.38. The number of carbonyl (C=O) groups excluding carboxylic acids is 2. The first-order valence-electron chi connectivity index (χ1n) is 19.4. The number of para-hydroxylation sites is 2. The predicted molar refractivity (Wildman–Crippen MR) is 218 cm³/mol. The van der Waals surface area contributed by atoms with Gasteiger partial charge in [-0.1, -0.05) is 87.4 Å². The van der Waals surface area contributed by atoms with Gasteiger partial charge in [-0.3, -0.25) is 19.4 Å². The van der Waals surface area contributed by atoms with E-state index < -0.39 is 0 Å². The molecule has 53 heavy (non-hydrogen) atoms. The Morgan fingerprint density at radius 1 is 0.528 bits per heavy atom. The van der Waals surface area contributed by atoms with Gasteiger partial charge in [0.05, 0.1) is 14.2 Å². The van der Waals surface area contributed by atoms with Gasteiger partial charge in [0.1, 0.15) is 11.5 Å². The highest BCUT2D eigenvalue weighted by atomic mass is 16.5. The van der Waals surface area contributed by atoms with Crippen molar-refractivity contribution in [1.82, 2.24) is 9.80 Å². The van der Waals surface area contributed by atoms with Gasteiger partial charge in [0, 0.05) is 48.4 Å². The standard InChI is InChI=1S/C45H60N4O4/c1-5-48(34-38-17-11-13-19-42(38)52-3)31-15-7-9-21-44(50)46-40-27-23-36(24-28-40)33-37-25-29-41(30-26-37)47-45(51)22-10-8-16-32-49(6-2)35-39-18-12-14-20-43(39)53-4/h11-14,17-20,23-30H,5-10,15-16,21-22,31-35H2,1-4H3,(H,46,50)(H,47,51). The lowest BCUT2D eigenvalue weighted by molar-refractivity contribution is -0.117. The van der Waals surface area contributed by atoms with Gasteiger partial charge < -0.3 is 20.1 Å². The summed E-state index contributed by atoms with van der Waals surface area (Å²) in [7, 11) is 3.44. The first-order chi connectivity index (χ1) is 25.9. The van der Waals surface area contributed by atoms with E-state index in [9.17, 15) is 9.59 Å². The summed E-state index contributed by atoms with van der Waals surface area (Å²) >= 11 is 0. The number of hydrogen-bond acceptors (Lipinski definition) is 6. The van der Waals surface area contributed by atoms with Crippen molar-refractivity contribution in [2.24, 2.45) is 0 Å². The van der Waals surface area contributed by atoms with Gasteiger partial charge in [-0.05, 0) is 106 Å². The summed E-state index contributed by atoms with van der Waals surface area (Å²) in [6, 6.07) is 32.5. The van der Waals surface area contributed by atoms with Gasteiger partial charge in [0.2, 0.25) is 11.8 Å². The maximum atomic E-state index is 12.6. The molecule has 0 spiro atoms. The molecule has 4 rings (SSSR count). The van der Waals surface area contributed by atoms with Gasteiger partial charge >= 0.3 is 0 Å². The number of unbranched alkanes of at least 4 members (excludes halogenated alkanes) is 4. The van der Waals surface area contributed by atoms with E-state index >= 15 is 0 Å². The highest BCUT2D eigenvalue weighted by Gasteiger charge is 2.11. The maximum Gasteiger partial charge on any atom is 0.224 e. The number of nitrogens with one attached hydrogen (secondary N) is 2. The molecule has 0 aliphatic heterocycles. The van der Waals surface area contributed by atoms with Crippen LogP contribution < -0.4 is 20.1 Å². The lowest BCUT2D eigenvalue weighted by Gasteiger charge is -2.21. The number of carbonyl (C=O) groups is 2. The molecule has 2 amide bonds. The van der Waals surface area contributed by atoms with Gasteiger partial charge in [0.25, 0.3) is 0 Å². The quantitative estimate of drug-likeness (QED) is 0.0703. The SMILES string of the molecule is CCN(CCCCCC(=O)Nc1ccc(Cc2ccc(NC(=O)CCCCCN(CC)Cc3ccccc3OC)cc2)cc1)Cc1ccccc1OC. The second-order valence-electron chi connectivity index (χ2n) is 13.6. The van der Waals surface area contributed by atoms with Crippen molar-refractivity contribution in [3.05, 3.63) is 119 Å². The Morgan fingerprint density at radius 2 is 0.925 bits per heavy atom. The van der Waals surface area contributed by atoms with Crippen LogP contribution in [0, 0.1) is 0 Å². The van der Waals surface area contributed by atoms with E-state index in [0.29, 0.717) is 12.8 Å². The van der Waals surface area contributed by atoms with Gasteiger partial charge in [-0.2, -0.15) is 0 Å². The molecule has 2 N–H and O–H groups in total. The van der Waals surface area contributed by atoms with Crippen LogP contribution in [0.3, 0.4) is 0 Å². The predicted octanol–water partition coefficient (Wildman–Crippen LogP) is 9.34. The largest absolute Gasteiger partial charge is 0.496 e. The van der Waals surface area contributed by atoms with Crippen LogP contribution in [0.5, 0.6) is 11.5 Å². The van der Waals surface area contributed by atoms with Crippen molar-refractivity contribution < 1.29 is 19.1 Å². The van der Waals surface area contributed by atoms with Gasteiger partial charge in [-0.15, -0.1) is 0 Å². The van der Waals surface area contributed by atoms with Crippen LogP contribution in [-0.2, 0) is 29.1 Å². The second kappa shape index (κ2) is 23.1. The summed E-state index contributed by atoms with van der Waals surface area (Å²) in [5, 5.41) is 6.09. The summed E-state index contributed by atoms with van der Waals surface area (Å²) in [5.74, 6) is 1.97. The molecule has 0 aliphatic carbocycles. The smallest absolute Gasteiger partial charge is 0.224 e. The van der Waals surface area contributed by atoms with Crippen LogP contribution >= 0.6 is 0 Å². The molecule has 8 heteroatoms. The molecule has 0 unspecified atom stereocenters. The Balaban J connectivity index is 1.08. The Morgan fingerprint density at radius 3 is 1.30 bits per heavy atom. The summed E-state index contributed by atoms with van der Waals surface area (Å²) in [4.78, 5) is 30.0. The monoisotopic (exact) mass is 720 g/mol. The van der Waals surface area contributed by atoms with Crippen molar-refractivity contribution in [2.75, 3.05) is 51.0 Å². The summed E-state index contributed by atoms with van der Waals surface area (Å²) in [6.45, 7) is 10.1. The number of ether oxygens (including phenoxy) is 2. The minimum atomic E-state index is 0.0557. The van der Waals surface area contributed by atoms with E-state index in [-0.39, 0.29) is 11.8 Å². The van der Waals surface area contributed by atoms with Crippen LogP contribution in [-0.4, -0.2) is 62.0 Å². The third kappa shape index (κ3) is 14.7. The maximum absolute atomic E-state index is 12.6. The van der Waals surface area contributed by atoms with Crippen molar-refractivity contribution >= 4 is 23.2 Å². The number of methoxy groups -OCH3 is 2. The van der Waals surface area contributed by atoms with Crippen LogP contribution in [0.15, 0.2) is 97.1 Å². The molecule has 8 nitrogen and oxygen atoms in total. The van der Waals surface area contributed by atoms with E-state index in [1.54, 1.807) is 14.2 Å². The molecule has 0 heterocycles. The molecule has 0 aromatic heterocycles. The molecule has 0 saturated carbocycles. The molecule has 0 aliphatic rings. The molecule has 0 saturated heterocycles. The topological polar surface area (TPSA) is 83.1 Å². The molecule has 0 bridgehead atoms. The Kier molecular flexibility index (Phi) is 17.9. The molecular formula is C45H60N4O4. The van der Waals surface area contributed by atoms with E-state index in [1.807, 2.05) is 48.5 Å². The molecule has 4 aromatic carbocycles. The zero-order chi connectivity index (χ0) is 37.7. The second-order valence-corrected chi connectivity index (χ2v) is 13.6. The highest BCUT2D eigenvalue weighted by Crippen LogP contribution is 2.21. The van der Waals surface area contributed by atoms with E-state index in [4.69, 9.17) is 9.47 Å². The number of anilines is 2. The summed E-state index contributed by atoms with van der Waals surface area (Å²) < 4.78 is 11.0. The number of rotatable bonds is 24. The molecule has 284 valence electrons. The number of amides is 2. The highest BCUT2D eigenvalue weighted by molar-refractivity contribution is 5.91. The zero-order valence-corrected chi connectivity index (χ0v) is 32.4. The normalized spacial score (nSPS) is 11.1. The molecule has 4 aromatic rings. The van der Waals surface area contributed by atoms with Crippen LogP contribution in [0.4, 0.5) is 11.4 Å². The molecule has 0 fully saturated rings. The van der Waals surface area contributed by atoms with Crippen molar-refractivity contribution in [3.63, 3.8) is 0 Å². The first-order valence-corrected chi connectivity index (χ1v) is 19.4.